The minimum Gasteiger partial charge on any atom is -0.399 e. The first-order valence-electron chi connectivity index (χ1n) is 12.2. The molecule has 5 rings (SSSR count). The Labute approximate surface area is 232 Å². The first-order valence-corrected chi connectivity index (χ1v) is 13.0. The molecule has 3 aromatic carbocycles. The van der Waals surface area contributed by atoms with Crippen molar-refractivity contribution in [3.63, 3.8) is 0 Å². The highest BCUT2D eigenvalue weighted by Gasteiger charge is 2.32. The van der Waals surface area contributed by atoms with E-state index >= 15 is 0 Å². The summed E-state index contributed by atoms with van der Waals surface area (Å²) in [6.07, 6.45) is -3.46. The van der Waals surface area contributed by atoms with Crippen LogP contribution in [-0.4, -0.2) is 20.9 Å². The maximum Gasteiger partial charge on any atom is 0.433 e. The van der Waals surface area contributed by atoms with Crippen LogP contribution in [0.25, 0.3) is 11.0 Å². The highest BCUT2D eigenvalue weighted by atomic mass is 32.2. The number of benzene rings is 3. The van der Waals surface area contributed by atoms with Gasteiger partial charge in [0.25, 0.3) is 5.91 Å². The van der Waals surface area contributed by atoms with Crippen LogP contribution in [0, 0.1) is 0 Å². The van der Waals surface area contributed by atoms with Gasteiger partial charge in [-0.05, 0) is 67.1 Å². The number of halogens is 3. The van der Waals surface area contributed by atoms with E-state index in [4.69, 9.17) is 5.73 Å². The van der Waals surface area contributed by atoms with Crippen molar-refractivity contribution in [2.24, 2.45) is 0 Å². The first-order chi connectivity index (χ1) is 19.2. The van der Waals surface area contributed by atoms with Gasteiger partial charge in [-0.1, -0.05) is 42.1 Å². The molecule has 2 heterocycles. The fourth-order valence-electron chi connectivity index (χ4n) is 3.95. The van der Waals surface area contributed by atoms with Crippen LogP contribution in [0.5, 0.6) is 0 Å². The van der Waals surface area contributed by atoms with Gasteiger partial charge in [-0.15, -0.1) is 0 Å². The van der Waals surface area contributed by atoms with E-state index in [1.807, 2.05) is 49.4 Å². The molecule has 202 valence electrons. The van der Waals surface area contributed by atoms with Crippen molar-refractivity contribution in [3.05, 3.63) is 108 Å². The molecule has 0 aliphatic rings. The van der Waals surface area contributed by atoms with E-state index in [-0.39, 0.29) is 23.4 Å². The summed E-state index contributed by atoms with van der Waals surface area (Å²) in [5, 5.41) is 6.48. The Bertz CT molecular complexity index is 1660. The smallest absolute Gasteiger partial charge is 0.399 e. The maximum absolute atomic E-state index is 13.2. The number of rotatable bonds is 7. The number of nitrogens with two attached hydrogens (primary N) is 1. The van der Waals surface area contributed by atoms with Crippen molar-refractivity contribution in [1.82, 2.24) is 20.3 Å². The van der Waals surface area contributed by atoms with Crippen LogP contribution in [-0.2, 0) is 6.18 Å². The number of alkyl halides is 3. The van der Waals surface area contributed by atoms with E-state index in [1.165, 1.54) is 17.8 Å². The first kappa shape index (κ1) is 26.9. The highest BCUT2D eigenvalue weighted by Crippen LogP contribution is 2.37. The molecule has 40 heavy (non-hydrogen) atoms. The second-order valence-electron chi connectivity index (χ2n) is 8.90. The molecule has 11 heteroatoms. The molecule has 0 aliphatic heterocycles. The number of pyridine rings is 1. The van der Waals surface area contributed by atoms with Crippen LogP contribution in [0.15, 0.2) is 101 Å². The zero-order valence-corrected chi connectivity index (χ0v) is 21.9. The maximum atomic E-state index is 13.2. The van der Waals surface area contributed by atoms with Crippen molar-refractivity contribution in [3.8, 4) is 0 Å². The third kappa shape index (κ3) is 6.15. The molecular weight excluding hydrogens is 537 g/mol. The summed E-state index contributed by atoms with van der Waals surface area (Å²) in [5.41, 5.74) is 7.18. The molecule has 4 N–H and O–H groups in total. The van der Waals surface area contributed by atoms with E-state index in [0.29, 0.717) is 22.3 Å². The van der Waals surface area contributed by atoms with Crippen LogP contribution < -0.4 is 16.4 Å². The quantitative estimate of drug-likeness (QED) is 0.184. The fraction of sp³-hybridized carbons (Fsp3) is 0.103. The molecule has 0 unspecified atom stereocenters. The molecule has 0 spiro atoms. The van der Waals surface area contributed by atoms with Crippen molar-refractivity contribution in [1.29, 1.82) is 0 Å². The molecule has 0 radical (unpaired) electrons. The second-order valence-corrected chi connectivity index (χ2v) is 10.0. The molecule has 0 bridgehead atoms. The van der Waals surface area contributed by atoms with Gasteiger partial charge < -0.3 is 16.4 Å². The van der Waals surface area contributed by atoms with Crippen molar-refractivity contribution >= 4 is 45.9 Å². The SMILES string of the molecule is C[C@H](NC(=O)c1ccc(Sc2ccc(N)cc2)c(Nc2ncnc3nc(C(F)(F)F)ccc23)c1)c1ccccc1. The Morgan fingerprint density at radius 1 is 0.950 bits per heavy atom. The average molecular weight is 561 g/mol. The third-order valence-electron chi connectivity index (χ3n) is 6.04. The Morgan fingerprint density at radius 2 is 1.70 bits per heavy atom. The van der Waals surface area contributed by atoms with Gasteiger partial charge in [0.05, 0.1) is 17.1 Å². The van der Waals surface area contributed by atoms with Crippen LogP contribution in [0.2, 0.25) is 0 Å². The number of carbonyl (C=O) groups excluding carboxylic acids is 1. The number of hydrogen-bond donors (Lipinski definition) is 3. The molecule has 0 saturated heterocycles. The van der Waals surface area contributed by atoms with Crippen molar-refractivity contribution < 1.29 is 18.0 Å². The minimum absolute atomic E-state index is 0.106. The Balaban J connectivity index is 1.50. The van der Waals surface area contributed by atoms with E-state index < -0.39 is 11.9 Å². The highest BCUT2D eigenvalue weighted by molar-refractivity contribution is 7.99. The summed E-state index contributed by atoms with van der Waals surface area (Å²) in [6, 6.07) is 24.0. The summed E-state index contributed by atoms with van der Waals surface area (Å²) in [5.74, 6) is -0.0342. The van der Waals surface area contributed by atoms with Crippen LogP contribution in [0.1, 0.15) is 34.6 Å². The Kier molecular flexibility index (Phi) is 7.56. The molecular formula is C29H23F3N6OS. The number of amides is 1. The van der Waals surface area contributed by atoms with Crippen molar-refractivity contribution in [2.45, 2.75) is 28.9 Å². The minimum atomic E-state index is -4.60. The molecule has 2 aromatic heterocycles. The van der Waals surface area contributed by atoms with E-state index in [2.05, 4.69) is 25.6 Å². The predicted octanol–water partition coefficient (Wildman–Crippen LogP) is 7.01. The molecule has 5 aromatic rings. The second kappa shape index (κ2) is 11.2. The van der Waals surface area contributed by atoms with Crippen LogP contribution in [0.4, 0.5) is 30.4 Å². The number of nitrogens with one attached hydrogen (secondary N) is 2. The monoisotopic (exact) mass is 560 g/mol. The van der Waals surface area contributed by atoms with Gasteiger partial charge in [-0.25, -0.2) is 15.0 Å². The van der Waals surface area contributed by atoms with E-state index in [0.717, 1.165) is 27.7 Å². The van der Waals surface area contributed by atoms with E-state index in [1.54, 1.807) is 30.3 Å². The Hall–Kier alpha value is -4.64. The largest absolute Gasteiger partial charge is 0.433 e. The molecule has 0 fully saturated rings. The number of fused-ring (bicyclic) bond motifs is 1. The average Bonchev–Trinajstić information content (AvgIpc) is 2.95. The lowest BCUT2D eigenvalue weighted by molar-refractivity contribution is -0.141. The normalized spacial score (nSPS) is 12.2. The summed E-state index contributed by atoms with van der Waals surface area (Å²) in [6.45, 7) is 1.90. The van der Waals surface area contributed by atoms with Crippen LogP contribution in [0.3, 0.4) is 0 Å². The number of hydrogen-bond acceptors (Lipinski definition) is 7. The number of carbonyl (C=O) groups is 1. The number of nitrogens with zero attached hydrogens (tertiary/aromatic N) is 3. The number of aromatic nitrogens is 3. The lowest BCUT2D eigenvalue weighted by Gasteiger charge is -2.17. The molecule has 1 atom stereocenters. The summed E-state index contributed by atoms with van der Waals surface area (Å²) < 4.78 is 39.6. The lowest BCUT2D eigenvalue weighted by atomic mass is 10.1. The van der Waals surface area contributed by atoms with Gasteiger partial charge in [0, 0.05) is 21.0 Å². The van der Waals surface area contributed by atoms with Crippen LogP contribution >= 0.6 is 11.8 Å². The van der Waals surface area contributed by atoms with Gasteiger partial charge >= 0.3 is 6.18 Å². The van der Waals surface area contributed by atoms with Gasteiger partial charge in [-0.2, -0.15) is 13.2 Å². The fourth-order valence-corrected chi connectivity index (χ4v) is 4.84. The molecule has 0 aliphatic carbocycles. The standard InChI is InChI=1S/C29H23F3N6OS/c1-17(18-5-3-2-4-6-18)36-28(39)19-7-13-24(40-21-10-8-20(33)9-11-21)23(15-19)37-26-22-12-14-25(29(30,31)32)38-27(22)35-16-34-26/h2-17H,33H2,1H3,(H,36,39)(H,34,35,37,38)/t17-/m0/s1. The van der Waals surface area contributed by atoms with Gasteiger partial charge in [0.2, 0.25) is 0 Å². The molecule has 7 nitrogen and oxygen atoms in total. The number of nitrogen functional groups attached to an aromatic ring is 1. The summed E-state index contributed by atoms with van der Waals surface area (Å²) >= 11 is 1.43. The van der Waals surface area contributed by atoms with Crippen molar-refractivity contribution in [2.75, 3.05) is 11.1 Å². The van der Waals surface area contributed by atoms with E-state index in [9.17, 15) is 18.0 Å². The van der Waals surface area contributed by atoms with Gasteiger partial charge in [0.1, 0.15) is 17.8 Å². The van der Waals surface area contributed by atoms with Gasteiger partial charge in [-0.3, -0.25) is 4.79 Å². The predicted molar refractivity (Wildman–Crippen MR) is 149 cm³/mol. The topological polar surface area (TPSA) is 106 Å². The molecule has 1 amide bonds. The molecule has 0 saturated carbocycles. The Morgan fingerprint density at radius 3 is 2.42 bits per heavy atom. The third-order valence-corrected chi connectivity index (χ3v) is 7.12. The lowest BCUT2D eigenvalue weighted by Crippen LogP contribution is -2.26. The van der Waals surface area contributed by atoms with Gasteiger partial charge in [0.15, 0.2) is 5.65 Å². The zero-order valence-electron chi connectivity index (χ0n) is 21.1. The number of anilines is 3. The summed E-state index contributed by atoms with van der Waals surface area (Å²) in [4.78, 5) is 26.7. The zero-order chi connectivity index (χ0) is 28.3. The summed E-state index contributed by atoms with van der Waals surface area (Å²) in [7, 11) is 0.